The maximum absolute atomic E-state index is 6.12. The molecule has 1 aliphatic carbocycles. The molecule has 1 aromatic heterocycles. The zero-order valence-corrected chi connectivity index (χ0v) is 14.4. The number of para-hydroxylation sites is 1. The summed E-state index contributed by atoms with van der Waals surface area (Å²) in [5, 5.41) is 5.00. The fourth-order valence-electron chi connectivity index (χ4n) is 3.43. The number of fused-ring (bicyclic) bond motifs is 1. The van der Waals surface area contributed by atoms with Gasteiger partial charge in [-0.3, -0.25) is 0 Å². The summed E-state index contributed by atoms with van der Waals surface area (Å²) in [6.45, 7) is 2.68. The number of allylic oxidation sites excluding steroid dienone is 1. The number of nitrogens with zero attached hydrogens (tertiary/aromatic N) is 2. The van der Waals surface area contributed by atoms with Crippen molar-refractivity contribution in [3.63, 3.8) is 0 Å². The quantitative estimate of drug-likeness (QED) is 0.661. The van der Waals surface area contributed by atoms with Gasteiger partial charge in [-0.2, -0.15) is 5.10 Å². The Morgan fingerprint density at radius 1 is 1.04 bits per heavy atom. The zero-order chi connectivity index (χ0) is 17.1. The summed E-state index contributed by atoms with van der Waals surface area (Å²) in [4.78, 5) is 0. The largest absolute Gasteiger partial charge is 0.367 e. The Bertz CT molecular complexity index is 866. The molecule has 0 fully saturated rings. The first-order valence-corrected chi connectivity index (χ1v) is 8.88. The molecule has 3 nitrogen and oxygen atoms in total. The second-order valence-electron chi connectivity index (χ2n) is 6.18. The van der Waals surface area contributed by atoms with Crippen LogP contribution in [0.4, 0.5) is 0 Å². The normalized spacial score (nSPS) is 14.3. The number of hydrogen-bond donors (Lipinski definition) is 0. The summed E-state index contributed by atoms with van der Waals surface area (Å²) in [5.41, 5.74) is 5.72. The summed E-state index contributed by atoms with van der Waals surface area (Å²) in [6.07, 6.45) is 6.34. The van der Waals surface area contributed by atoms with E-state index in [1.54, 1.807) is 0 Å². The van der Waals surface area contributed by atoms with Crippen LogP contribution in [0.1, 0.15) is 42.0 Å². The van der Waals surface area contributed by atoms with E-state index >= 15 is 0 Å². The maximum Gasteiger partial charge on any atom is 0.127 e. The van der Waals surface area contributed by atoms with E-state index in [1.807, 2.05) is 19.1 Å². The molecule has 0 spiro atoms. The van der Waals surface area contributed by atoms with Crippen molar-refractivity contribution in [3.05, 3.63) is 89.3 Å². The molecule has 0 bridgehead atoms. The first-order valence-electron chi connectivity index (χ1n) is 8.88. The van der Waals surface area contributed by atoms with E-state index < -0.39 is 0 Å². The molecular weight excluding hydrogens is 308 g/mol. The van der Waals surface area contributed by atoms with Gasteiger partial charge in [0.25, 0.3) is 0 Å². The van der Waals surface area contributed by atoms with Crippen LogP contribution >= 0.6 is 0 Å². The van der Waals surface area contributed by atoms with Crippen LogP contribution in [0.3, 0.4) is 0 Å². The number of benzene rings is 2. The van der Waals surface area contributed by atoms with Gasteiger partial charge in [-0.25, -0.2) is 4.68 Å². The van der Waals surface area contributed by atoms with Crippen LogP contribution in [-0.2, 0) is 11.2 Å². The van der Waals surface area contributed by atoms with Gasteiger partial charge in [0, 0.05) is 12.2 Å². The van der Waals surface area contributed by atoms with E-state index in [-0.39, 0.29) is 6.10 Å². The molecule has 1 aliphatic rings. The smallest absolute Gasteiger partial charge is 0.127 e. The van der Waals surface area contributed by atoms with Crippen molar-refractivity contribution in [2.24, 2.45) is 0 Å². The highest BCUT2D eigenvalue weighted by Gasteiger charge is 2.26. The Kier molecular flexibility index (Phi) is 4.49. The van der Waals surface area contributed by atoms with Gasteiger partial charge in [0.05, 0.1) is 11.4 Å². The molecule has 1 unspecified atom stereocenters. The van der Waals surface area contributed by atoms with E-state index in [0.717, 1.165) is 29.8 Å². The van der Waals surface area contributed by atoms with Crippen LogP contribution in [0.5, 0.6) is 0 Å². The van der Waals surface area contributed by atoms with Gasteiger partial charge in [-0.1, -0.05) is 60.7 Å². The lowest BCUT2D eigenvalue weighted by atomic mass is 9.97. The zero-order valence-electron chi connectivity index (χ0n) is 14.4. The summed E-state index contributed by atoms with van der Waals surface area (Å²) in [5.74, 6) is 0. The van der Waals surface area contributed by atoms with E-state index in [9.17, 15) is 0 Å². The van der Waals surface area contributed by atoms with Crippen LogP contribution in [0, 0.1) is 0 Å². The third-order valence-corrected chi connectivity index (χ3v) is 4.57. The second kappa shape index (κ2) is 7.08. The van der Waals surface area contributed by atoms with Crippen molar-refractivity contribution in [3.8, 4) is 5.69 Å². The molecule has 0 N–H and O–H groups in total. The topological polar surface area (TPSA) is 27.1 Å². The van der Waals surface area contributed by atoms with E-state index in [4.69, 9.17) is 9.84 Å². The fourth-order valence-corrected chi connectivity index (χ4v) is 3.43. The van der Waals surface area contributed by atoms with E-state index in [2.05, 4.69) is 65.4 Å². The summed E-state index contributed by atoms with van der Waals surface area (Å²) in [7, 11) is 0. The molecule has 1 heterocycles. The molecular formula is C22H22N2O. The van der Waals surface area contributed by atoms with Gasteiger partial charge in [0.2, 0.25) is 0 Å². The van der Waals surface area contributed by atoms with Crippen molar-refractivity contribution >= 4 is 6.08 Å². The molecule has 3 aromatic rings. The highest BCUT2D eigenvalue weighted by Crippen LogP contribution is 2.34. The molecule has 1 atom stereocenters. The second-order valence-corrected chi connectivity index (χ2v) is 6.18. The van der Waals surface area contributed by atoms with Gasteiger partial charge in [-0.05, 0) is 37.5 Å². The monoisotopic (exact) mass is 330 g/mol. The SMILES string of the molecule is CCOC(c1ccccc1)c1nn(-c2ccccc2)c2c1C=CCC2. The predicted molar refractivity (Wildman–Crippen MR) is 101 cm³/mol. The average Bonchev–Trinajstić information content (AvgIpc) is 3.07. The van der Waals surface area contributed by atoms with Crippen LogP contribution in [0.2, 0.25) is 0 Å². The molecule has 0 aliphatic heterocycles. The van der Waals surface area contributed by atoms with Crippen molar-refractivity contribution < 1.29 is 4.74 Å². The van der Waals surface area contributed by atoms with Gasteiger partial charge >= 0.3 is 0 Å². The molecule has 0 amide bonds. The Balaban J connectivity index is 1.87. The van der Waals surface area contributed by atoms with E-state index in [1.165, 1.54) is 11.3 Å². The van der Waals surface area contributed by atoms with Crippen LogP contribution in [-0.4, -0.2) is 16.4 Å². The Hall–Kier alpha value is -2.65. The van der Waals surface area contributed by atoms with Crippen molar-refractivity contribution in [1.29, 1.82) is 0 Å². The van der Waals surface area contributed by atoms with Gasteiger partial charge in [-0.15, -0.1) is 0 Å². The molecule has 2 aromatic carbocycles. The lowest BCUT2D eigenvalue weighted by Crippen LogP contribution is -2.09. The lowest BCUT2D eigenvalue weighted by Gasteiger charge is -2.17. The van der Waals surface area contributed by atoms with Crippen molar-refractivity contribution in [1.82, 2.24) is 9.78 Å². The number of hydrogen-bond acceptors (Lipinski definition) is 2. The highest BCUT2D eigenvalue weighted by atomic mass is 16.5. The van der Waals surface area contributed by atoms with Crippen LogP contribution < -0.4 is 0 Å². The Morgan fingerprint density at radius 3 is 2.48 bits per heavy atom. The molecule has 3 heteroatoms. The summed E-state index contributed by atoms with van der Waals surface area (Å²) >= 11 is 0. The third-order valence-electron chi connectivity index (χ3n) is 4.57. The van der Waals surface area contributed by atoms with Gasteiger partial charge in [0.15, 0.2) is 0 Å². The molecule has 0 saturated heterocycles. The predicted octanol–water partition coefficient (Wildman–Crippen LogP) is 4.96. The average molecular weight is 330 g/mol. The fraction of sp³-hybridized carbons (Fsp3) is 0.227. The van der Waals surface area contributed by atoms with Crippen LogP contribution in [0.25, 0.3) is 11.8 Å². The van der Waals surface area contributed by atoms with Gasteiger partial charge < -0.3 is 4.74 Å². The minimum absolute atomic E-state index is 0.146. The Labute approximate surface area is 148 Å². The first-order chi connectivity index (χ1) is 12.4. The van der Waals surface area contributed by atoms with Crippen molar-refractivity contribution in [2.45, 2.75) is 25.9 Å². The lowest BCUT2D eigenvalue weighted by molar-refractivity contribution is 0.0880. The number of rotatable bonds is 5. The van der Waals surface area contributed by atoms with Crippen molar-refractivity contribution in [2.75, 3.05) is 6.61 Å². The number of ether oxygens (including phenoxy) is 1. The molecule has 25 heavy (non-hydrogen) atoms. The number of aromatic nitrogens is 2. The highest BCUT2D eigenvalue weighted by molar-refractivity contribution is 5.60. The standard InChI is InChI=1S/C22H22N2O/c1-2-25-22(17-11-5-3-6-12-17)21-19-15-9-10-16-20(19)24(23-21)18-13-7-4-8-14-18/h3-9,11-15,22H,2,10,16H2,1H3. The Morgan fingerprint density at radius 2 is 1.76 bits per heavy atom. The van der Waals surface area contributed by atoms with E-state index in [0.29, 0.717) is 6.61 Å². The molecule has 126 valence electrons. The molecule has 0 radical (unpaired) electrons. The minimum Gasteiger partial charge on any atom is -0.367 e. The molecule has 4 rings (SSSR count). The third kappa shape index (κ3) is 3.03. The first kappa shape index (κ1) is 15.9. The maximum atomic E-state index is 6.12. The van der Waals surface area contributed by atoms with Crippen LogP contribution in [0.15, 0.2) is 66.7 Å². The summed E-state index contributed by atoms with van der Waals surface area (Å²) < 4.78 is 8.21. The van der Waals surface area contributed by atoms with Gasteiger partial charge in [0.1, 0.15) is 11.8 Å². The molecule has 0 saturated carbocycles. The summed E-state index contributed by atoms with van der Waals surface area (Å²) in [6, 6.07) is 20.7. The minimum atomic E-state index is -0.146.